The van der Waals surface area contributed by atoms with Gasteiger partial charge in [0.05, 0.1) is 11.1 Å². The molecule has 0 aliphatic rings. The molecule has 0 unspecified atom stereocenters. The van der Waals surface area contributed by atoms with E-state index >= 15 is 0 Å². The number of nitrogens with one attached hydrogen (secondary N) is 1. The smallest absolute Gasteiger partial charge is 0.301 e. The number of carbonyl (C=O) groups is 1. The number of fused-ring (bicyclic) bond motifs is 1. The Morgan fingerprint density at radius 2 is 2.04 bits per heavy atom. The second-order valence-electron chi connectivity index (χ2n) is 5.94. The number of aryl methyl sites for hydroxylation is 2. The molecule has 142 valence electrons. The molecule has 3 heterocycles. The van der Waals surface area contributed by atoms with Crippen LogP contribution in [-0.4, -0.2) is 30.8 Å². The molecule has 8 nitrogen and oxygen atoms in total. The van der Waals surface area contributed by atoms with E-state index < -0.39 is 11.2 Å². The molecule has 3 aromatic rings. The van der Waals surface area contributed by atoms with Gasteiger partial charge in [-0.2, -0.15) is 0 Å². The fourth-order valence-corrected chi connectivity index (χ4v) is 4.29. The summed E-state index contributed by atoms with van der Waals surface area (Å²) in [6.07, 6.45) is 4.91. The molecule has 0 saturated heterocycles. The van der Waals surface area contributed by atoms with Crippen LogP contribution >= 0.6 is 23.1 Å². The van der Waals surface area contributed by atoms with Gasteiger partial charge < -0.3 is 5.32 Å². The predicted octanol–water partition coefficient (Wildman–Crippen LogP) is 1.77. The summed E-state index contributed by atoms with van der Waals surface area (Å²) in [6, 6.07) is 0. The lowest BCUT2D eigenvalue weighted by Gasteiger charge is -2.14. The van der Waals surface area contributed by atoms with Crippen LogP contribution in [0.1, 0.15) is 18.9 Å². The number of amides is 1. The lowest BCUT2D eigenvalue weighted by Crippen LogP contribution is -2.37. The van der Waals surface area contributed by atoms with E-state index in [4.69, 9.17) is 0 Å². The number of thioether (sulfide) groups is 1. The fraction of sp³-hybridized carbons (Fsp3) is 0.353. The fourth-order valence-electron chi connectivity index (χ4n) is 2.73. The largest absolute Gasteiger partial charge is 0.332 e. The van der Waals surface area contributed by atoms with Gasteiger partial charge in [-0.15, -0.1) is 23.1 Å². The number of pyridine rings is 1. The van der Waals surface area contributed by atoms with Crippen LogP contribution in [0.25, 0.3) is 11.0 Å². The highest BCUT2D eigenvalue weighted by Crippen LogP contribution is 2.29. The van der Waals surface area contributed by atoms with Crippen LogP contribution in [0.5, 0.6) is 0 Å². The van der Waals surface area contributed by atoms with Crippen molar-refractivity contribution < 1.29 is 4.79 Å². The van der Waals surface area contributed by atoms with E-state index in [-0.39, 0.29) is 11.7 Å². The molecule has 0 aliphatic heterocycles. The first-order valence-electron chi connectivity index (χ1n) is 8.33. The van der Waals surface area contributed by atoms with Crippen LogP contribution in [0.3, 0.4) is 0 Å². The van der Waals surface area contributed by atoms with Crippen LogP contribution < -0.4 is 16.6 Å². The number of nitrogens with zero attached hydrogens (tertiary/aromatic N) is 4. The van der Waals surface area contributed by atoms with Crippen molar-refractivity contribution in [2.24, 2.45) is 14.1 Å². The zero-order chi connectivity index (χ0) is 19.6. The molecule has 0 saturated carbocycles. The predicted molar refractivity (Wildman–Crippen MR) is 108 cm³/mol. The van der Waals surface area contributed by atoms with Crippen molar-refractivity contribution >= 4 is 45.2 Å². The molecule has 0 aromatic carbocycles. The lowest BCUT2D eigenvalue weighted by molar-refractivity contribution is -0.113. The Kier molecular flexibility index (Phi) is 5.76. The second-order valence-corrected chi connectivity index (χ2v) is 7.82. The first-order valence-corrected chi connectivity index (χ1v) is 10.2. The van der Waals surface area contributed by atoms with Crippen LogP contribution in [0.4, 0.5) is 5.13 Å². The average Bonchev–Trinajstić information content (AvgIpc) is 3.16. The standard InChI is InChI=1S/C17H19N5O3S2/c1-4-5-10-8-19-14-12(15(24)22(3)17(25)21(14)2)13(10)27-9-11(23)20-16-18-6-7-26-16/h6-8H,4-5,9H2,1-3H3,(H,18,20,23). The maximum Gasteiger partial charge on any atom is 0.332 e. The highest BCUT2D eigenvalue weighted by atomic mass is 32.2. The maximum absolute atomic E-state index is 12.8. The van der Waals surface area contributed by atoms with Gasteiger partial charge in [0.15, 0.2) is 5.13 Å². The first kappa shape index (κ1) is 19.3. The van der Waals surface area contributed by atoms with Crippen LogP contribution in [-0.2, 0) is 25.3 Å². The molecular weight excluding hydrogens is 386 g/mol. The SMILES string of the molecule is CCCc1cnc2c(c1SCC(=O)Nc1nccs1)c(=O)n(C)c(=O)n2C. The van der Waals surface area contributed by atoms with E-state index in [1.54, 1.807) is 24.8 Å². The van der Waals surface area contributed by atoms with Gasteiger partial charge in [0.1, 0.15) is 5.65 Å². The van der Waals surface area contributed by atoms with Crippen molar-refractivity contribution in [3.63, 3.8) is 0 Å². The number of rotatable bonds is 6. The van der Waals surface area contributed by atoms with Gasteiger partial charge in [0.25, 0.3) is 5.56 Å². The molecule has 27 heavy (non-hydrogen) atoms. The normalized spacial score (nSPS) is 11.1. The van der Waals surface area contributed by atoms with Gasteiger partial charge >= 0.3 is 5.69 Å². The minimum absolute atomic E-state index is 0.126. The highest BCUT2D eigenvalue weighted by molar-refractivity contribution is 8.00. The van der Waals surface area contributed by atoms with E-state index in [2.05, 4.69) is 15.3 Å². The third-order valence-electron chi connectivity index (χ3n) is 4.04. The number of hydrogen-bond acceptors (Lipinski definition) is 7. The Bertz CT molecular complexity index is 1100. The monoisotopic (exact) mass is 405 g/mol. The van der Waals surface area contributed by atoms with Crippen molar-refractivity contribution in [2.45, 2.75) is 24.7 Å². The Hall–Kier alpha value is -2.46. The van der Waals surface area contributed by atoms with Crippen molar-refractivity contribution in [3.05, 3.63) is 44.2 Å². The summed E-state index contributed by atoms with van der Waals surface area (Å²) in [4.78, 5) is 46.3. The minimum Gasteiger partial charge on any atom is -0.301 e. The van der Waals surface area contributed by atoms with Crippen LogP contribution in [0.15, 0.2) is 32.3 Å². The lowest BCUT2D eigenvalue weighted by atomic mass is 10.1. The van der Waals surface area contributed by atoms with Crippen molar-refractivity contribution in [3.8, 4) is 0 Å². The summed E-state index contributed by atoms with van der Waals surface area (Å²) < 4.78 is 2.42. The molecule has 1 amide bonds. The average molecular weight is 406 g/mol. The van der Waals surface area contributed by atoms with Gasteiger partial charge in [-0.3, -0.25) is 18.7 Å². The van der Waals surface area contributed by atoms with Crippen LogP contribution in [0.2, 0.25) is 0 Å². The summed E-state index contributed by atoms with van der Waals surface area (Å²) >= 11 is 2.62. The molecule has 0 radical (unpaired) electrons. The van der Waals surface area contributed by atoms with E-state index in [0.717, 1.165) is 23.0 Å². The number of thiazole rings is 1. The summed E-state index contributed by atoms with van der Waals surface area (Å²) in [6.45, 7) is 2.03. The minimum atomic E-state index is -0.430. The highest BCUT2D eigenvalue weighted by Gasteiger charge is 2.18. The van der Waals surface area contributed by atoms with E-state index in [9.17, 15) is 14.4 Å². The van der Waals surface area contributed by atoms with Gasteiger partial charge in [0, 0.05) is 36.8 Å². The number of hydrogen-bond donors (Lipinski definition) is 1. The zero-order valence-corrected chi connectivity index (χ0v) is 16.8. The molecule has 0 spiro atoms. The van der Waals surface area contributed by atoms with Crippen molar-refractivity contribution in [1.82, 2.24) is 19.1 Å². The van der Waals surface area contributed by atoms with Gasteiger partial charge in [-0.1, -0.05) is 13.3 Å². The molecule has 10 heteroatoms. The Labute approximate surface area is 163 Å². The summed E-state index contributed by atoms with van der Waals surface area (Å²) in [5, 5.41) is 5.42. The molecular formula is C17H19N5O3S2. The third-order valence-corrected chi connectivity index (χ3v) is 5.89. The maximum atomic E-state index is 12.8. The van der Waals surface area contributed by atoms with E-state index in [1.165, 1.54) is 34.7 Å². The molecule has 0 aliphatic carbocycles. The van der Waals surface area contributed by atoms with E-state index in [1.807, 2.05) is 6.92 Å². The molecule has 1 N–H and O–H groups in total. The molecule has 0 fully saturated rings. The van der Waals surface area contributed by atoms with Crippen molar-refractivity contribution in [2.75, 3.05) is 11.1 Å². The van der Waals surface area contributed by atoms with E-state index in [0.29, 0.717) is 21.1 Å². The summed E-state index contributed by atoms with van der Waals surface area (Å²) in [7, 11) is 3.03. The molecule has 0 bridgehead atoms. The summed E-state index contributed by atoms with van der Waals surface area (Å²) in [5.74, 6) is -0.0782. The van der Waals surface area contributed by atoms with Gasteiger partial charge in [0.2, 0.25) is 5.91 Å². The number of carbonyl (C=O) groups excluding carboxylic acids is 1. The molecule has 3 rings (SSSR count). The Balaban J connectivity index is 2.03. The molecule has 3 aromatic heterocycles. The van der Waals surface area contributed by atoms with Crippen LogP contribution in [0, 0.1) is 0 Å². The Morgan fingerprint density at radius 1 is 1.26 bits per heavy atom. The molecule has 0 atom stereocenters. The zero-order valence-electron chi connectivity index (χ0n) is 15.2. The topological polar surface area (TPSA) is 98.9 Å². The Morgan fingerprint density at radius 3 is 2.70 bits per heavy atom. The third kappa shape index (κ3) is 3.81. The first-order chi connectivity index (χ1) is 12.9. The second kappa shape index (κ2) is 8.05. The number of aromatic nitrogens is 4. The number of anilines is 1. The quantitative estimate of drug-likeness (QED) is 0.628. The van der Waals surface area contributed by atoms with Crippen molar-refractivity contribution in [1.29, 1.82) is 0 Å². The summed E-state index contributed by atoms with van der Waals surface area (Å²) in [5.41, 5.74) is 0.390. The van der Waals surface area contributed by atoms with Gasteiger partial charge in [-0.25, -0.2) is 14.8 Å². The van der Waals surface area contributed by atoms with Gasteiger partial charge in [-0.05, 0) is 12.0 Å².